The Morgan fingerprint density at radius 3 is 2.18 bits per heavy atom. The van der Waals surface area contributed by atoms with Crippen molar-refractivity contribution >= 4 is 50.7 Å². The number of sulfonamides is 1. The van der Waals surface area contributed by atoms with E-state index < -0.39 is 10.0 Å². The number of aliphatic imine (C=N–C) groups is 1. The number of rotatable bonds is 5. The zero-order chi connectivity index (χ0) is 27.4. The molecule has 2 heterocycles. The van der Waals surface area contributed by atoms with Gasteiger partial charge in [-0.15, -0.1) is 4.40 Å². The first-order valence-electron chi connectivity index (χ1n) is 12.5. The Kier molecular flexibility index (Phi) is 8.32. The predicted molar refractivity (Wildman–Crippen MR) is 155 cm³/mol. The maximum atomic E-state index is 13.4. The normalized spacial score (nSPS) is 19.3. The quantitative estimate of drug-likeness (QED) is 0.322. The van der Waals surface area contributed by atoms with Crippen molar-refractivity contribution in [2.45, 2.75) is 23.7 Å². The number of hydrogen-bond donors (Lipinski definition) is 1. The summed E-state index contributed by atoms with van der Waals surface area (Å²) in [6.45, 7) is 1.45. The van der Waals surface area contributed by atoms with Crippen LogP contribution in [0.25, 0.3) is 0 Å². The molecule has 5 rings (SSSR count). The third kappa shape index (κ3) is 6.50. The van der Waals surface area contributed by atoms with Gasteiger partial charge < -0.3 is 10.5 Å². The summed E-state index contributed by atoms with van der Waals surface area (Å²) in [7, 11) is -4.15. The smallest absolute Gasteiger partial charge is 0.285 e. The van der Waals surface area contributed by atoms with Crippen LogP contribution in [0.1, 0.15) is 29.9 Å². The summed E-state index contributed by atoms with van der Waals surface area (Å²) in [6, 6.07) is 23.1. The molecule has 0 radical (unpaired) electrons. The van der Waals surface area contributed by atoms with Gasteiger partial charge >= 0.3 is 0 Å². The van der Waals surface area contributed by atoms with Gasteiger partial charge in [0.15, 0.2) is 0 Å². The molecule has 39 heavy (non-hydrogen) atoms. The number of guanidine groups is 1. The predicted octanol–water partition coefficient (Wildman–Crippen LogP) is 5.33. The summed E-state index contributed by atoms with van der Waals surface area (Å²) >= 11 is 12.1. The van der Waals surface area contributed by atoms with Crippen LogP contribution in [0.15, 0.2) is 98.2 Å². The highest BCUT2D eigenvalue weighted by Crippen LogP contribution is 2.30. The van der Waals surface area contributed by atoms with Crippen LogP contribution in [0.2, 0.25) is 10.0 Å². The van der Waals surface area contributed by atoms with Crippen LogP contribution in [0.4, 0.5) is 0 Å². The Hall–Kier alpha value is -3.24. The average molecular weight is 585 g/mol. The summed E-state index contributed by atoms with van der Waals surface area (Å²) in [5, 5.41) is 7.38. The number of hydrazone groups is 1. The number of hydrogen-bond acceptors (Lipinski definition) is 4. The lowest BCUT2D eigenvalue weighted by atomic mass is 9.91. The van der Waals surface area contributed by atoms with E-state index in [1.165, 1.54) is 29.3 Å². The molecule has 8 nitrogen and oxygen atoms in total. The van der Waals surface area contributed by atoms with Gasteiger partial charge in [-0.05, 0) is 60.4 Å². The van der Waals surface area contributed by atoms with E-state index in [0.717, 1.165) is 16.8 Å². The molecule has 1 saturated heterocycles. The van der Waals surface area contributed by atoms with Gasteiger partial charge in [-0.25, -0.2) is 5.01 Å². The van der Waals surface area contributed by atoms with Gasteiger partial charge in [-0.1, -0.05) is 65.7 Å². The summed E-state index contributed by atoms with van der Waals surface area (Å²) in [6.07, 6.45) is 1.39. The Morgan fingerprint density at radius 2 is 1.54 bits per heavy atom. The highest BCUT2D eigenvalue weighted by atomic mass is 35.5. The second-order valence-electron chi connectivity index (χ2n) is 9.28. The average Bonchev–Trinajstić information content (AvgIpc) is 3.40. The second kappa shape index (κ2) is 11.9. The Bertz CT molecular complexity index is 1500. The first-order valence-corrected chi connectivity index (χ1v) is 14.7. The van der Waals surface area contributed by atoms with Gasteiger partial charge in [-0.3, -0.25) is 0 Å². The molecule has 0 aliphatic carbocycles. The molecule has 0 aromatic heterocycles. The molecule has 2 N–H and O–H groups in total. The van der Waals surface area contributed by atoms with Crippen LogP contribution in [-0.4, -0.2) is 50.7 Å². The van der Waals surface area contributed by atoms with Gasteiger partial charge in [0.25, 0.3) is 16.0 Å². The van der Waals surface area contributed by atoms with Crippen molar-refractivity contribution in [1.29, 1.82) is 0 Å². The summed E-state index contributed by atoms with van der Waals surface area (Å²) < 4.78 is 36.3. The minimum Gasteiger partial charge on any atom is -0.387 e. The van der Waals surface area contributed by atoms with Crippen molar-refractivity contribution in [3.05, 3.63) is 100 Å². The van der Waals surface area contributed by atoms with E-state index in [-0.39, 0.29) is 22.7 Å². The fraction of sp³-hybridized carbons (Fsp3) is 0.250. The van der Waals surface area contributed by atoms with E-state index in [4.69, 9.17) is 38.8 Å². The Labute approximate surface area is 237 Å². The third-order valence-electron chi connectivity index (χ3n) is 6.67. The number of halogens is 2. The molecule has 0 spiro atoms. The molecule has 1 fully saturated rings. The van der Waals surface area contributed by atoms with Gasteiger partial charge in [0.2, 0.25) is 0 Å². The molecule has 2 aliphatic heterocycles. The molecule has 2 aliphatic rings. The molecule has 202 valence electrons. The van der Waals surface area contributed by atoms with E-state index in [1.807, 2.05) is 42.5 Å². The lowest BCUT2D eigenvalue weighted by Crippen LogP contribution is -2.33. The van der Waals surface area contributed by atoms with Crippen LogP contribution >= 0.6 is 23.2 Å². The number of nitrogens with zero attached hydrogens (tertiary/aromatic N) is 4. The van der Waals surface area contributed by atoms with Gasteiger partial charge in [-0.2, -0.15) is 18.5 Å². The van der Waals surface area contributed by atoms with Crippen LogP contribution in [0, 0.1) is 5.92 Å². The van der Waals surface area contributed by atoms with Crippen LogP contribution in [-0.2, 0) is 14.8 Å². The zero-order valence-corrected chi connectivity index (χ0v) is 23.3. The van der Waals surface area contributed by atoms with Crippen molar-refractivity contribution in [3.8, 4) is 0 Å². The summed E-state index contributed by atoms with van der Waals surface area (Å²) in [5.74, 6) is -0.0154. The Morgan fingerprint density at radius 1 is 0.923 bits per heavy atom. The van der Waals surface area contributed by atoms with E-state index in [9.17, 15) is 8.42 Å². The van der Waals surface area contributed by atoms with E-state index in [2.05, 4.69) is 9.39 Å². The van der Waals surface area contributed by atoms with E-state index >= 15 is 0 Å². The molecule has 1 atom stereocenters. The molecule has 3 aromatic carbocycles. The first-order chi connectivity index (χ1) is 18.8. The van der Waals surface area contributed by atoms with Gasteiger partial charge in [0.1, 0.15) is 5.84 Å². The molecular formula is C28H27Cl2N5O3S. The monoisotopic (exact) mass is 583 g/mol. The molecule has 11 heteroatoms. The zero-order valence-electron chi connectivity index (χ0n) is 21.0. The lowest BCUT2D eigenvalue weighted by Gasteiger charge is -2.22. The van der Waals surface area contributed by atoms with Crippen LogP contribution in [0.5, 0.6) is 0 Å². The maximum Gasteiger partial charge on any atom is 0.285 e. The minimum atomic E-state index is -4.15. The first kappa shape index (κ1) is 27.3. The number of amidine groups is 1. The maximum absolute atomic E-state index is 13.4. The summed E-state index contributed by atoms with van der Waals surface area (Å²) in [4.78, 5) is 4.55. The van der Waals surface area contributed by atoms with E-state index in [0.29, 0.717) is 48.5 Å². The van der Waals surface area contributed by atoms with Crippen molar-refractivity contribution < 1.29 is 13.2 Å². The fourth-order valence-electron chi connectivity index (χ4n) is 4.55. The highest BCUT2D eigenvalue weighted by Gasteiger charge is 2.33. The van der Waals surface area contributed by atoms with Crippen LogP contribution < -0.4 is 5.73 Å². The molecule has 0 amide bonds. The van der Waals surface area contributed by atoms with Crippen LogP contribution in [0.3, 0.4) is 0 Å². The minimum absolute atomic E-state index is 0.00931. The molecule has 0 saturated carbocycles. The number of nitrogens with two attached hydrogens (primary N) is 1. The Balaban J connectivity index is 1.60. The fourth-order valence-corrected chi connectivity index (χ4v) is 5.73. The van der Waals surface area contributed by atoms with Crippen molar-refractivity contribution in [1.82, 2.24) is 5.01 Å². The highest BCUT2D eigenvalue weighted by molar-refractivity contribution is 7.90. The lowest BCUT2D eigenvalue weighted by molar-refractivity contribution is 0.0825. The molecular weight excluding hydrogens is 557 g/mol. The standard InChI is InChI=1S/C28H27Cl2N5O3S/c29-22-8-6-20(7-9-22)26-25(19-4-2-1-3-5-19)18-35(33-26)28(32-27(31)21-14-16-38-17-15-21)34-39(36,37)24-12-10-23(30)11-13-24/h1-13,21,25H,14-18H2,(H2,31,32,34). The van der Waals surface area contributed by atoms with Crippen molar-refractivity contribution in [2.24, 2.45) is 26.1 Å². The number of benzene rings is 3. The van der Waals surface area contributed by atoms with Gasteiger partial charge in [0, 0.05) is 35.1 Å². The van der Waals surface area contributed by atoms with Crippen molar-refractivity contribution in [2.75, 3.05) is 19.8 Å². The topological polar surface area (TPSA) is 110 Å². The third-order valence-corrected chi connectivity index (χ3v) is 8.44. The number of ether oxygens (including phenoxy) is 1. The molecule has 3 aromatic rings. The molecule has 1 unspecified atom stereocenters. The van der Waals surface area contributed by atoms with Gasteiger partial charge in [0.05, 0.1) is 17.2 Å². The summed E-state index contributed by atoms with van der Waals surface area (Å²) in [5.41, 5.74) is 9.04. The molecule has 0 bridgehead atoms. The second-order valence-corrected chi connectivity index (χ2v) is 11.8. The SMILES string of the molecule is N/C(=N\C(=N/S(=O)(=O)c1ccc(Cl)cc1)N1CC(c2ccccc2)C(c2ccc(Cl)cc2)=N1)C1CCOCC1. The van der Waals surface area contributed by atoms with Crippen molar-refractivity contribution in [3.63, 3.8) is 0 Å². The van der Waals surface area contributed by atoms with E-state index in [1.54, 1.807) is 12.1 Å². The largest absolute Gasteiger partial charge is 0.387 e.